The highest BCUT2D eigenvalue weighted by molar-refractivity contribution is 6.11. The SMILES string of the molecule is CCC1=C(OC)C(CC)(CC)c2oc(-c3ccc(C)c(C)c3)cc(=O)c2C1=O. The lowest BCUT2D eigenvalue weighted by atomic mass is 9.69. The van der Waals surface area contributed by atoms with Crippen molar-refractivity contribution in [3.8, 4) is 11.3 Å². The highest BCUT2D eigenvalue weighted by Gasteiger charge is 2.47. The maximum Gasteiger partial charge on any atom is 0.199 e. The Kier molecular flexibility index (Phi) is 5.33. The molecular formula is C24H28O4. The summed E-state index contributed by atoms with van der Waals surface area (Å²) in [7, 11) is 1.59. The third-order valence-corrected chi connectivity index (χ3v) is 6.15. The summed E-state index contributed by atoms with van der Waals surface area (Å²) >= 11 is 0. The van der Waals surface area contributed by atoms with Crippen molar-refractivity contribution in [2.24, 2.45) is 0 Å². The van der Waals surface area contributed by atoms with E-state index in [4.69, 9.17) is 9.15 Å². The number of carbonyl (C=O) groups is 1. The molecule has 0 saturated carbocycles. The third-order valence-electron chi connectivity index (χ3n) is 6.15. The van der Waals surface area contributed by atoms with Crippen LogP contribution >= 0.6 is 0 Å². The molecule has 0 N–H and O–H groups in total. The summed E-state index contributed by atoms with van der Waals surface area (Å²) in [6.45, 7) is 10.1. The van der Waals surface area contributed by atoms with E-state index in [-0.39, 0.29) is 16.8 Å². The molecule has 3 rings (SSSR count). The maximum absolute atomic E-state index is 13.1. The van der Waals surface area contributed by atoms with Crippen molar-refractivity contribution >= 4 is 5.78 Å². The van der Waals surface area contributed by atoms with Gasteiger partial charge in [-0.2, -0.15) is 0 Å². The Hall–Kier alpha value is -2.62. The van der Waals surface area contributed by atoms with E-state index in [0.717, 1.165) is 11.1 Å². The zero-order valence-electron chi connectivity index (χ0n) is 17.6. The summed E-state index contributed by atoms with van der Waals surface area (Å²) < 4.78 is 12.1. The first-order valence-corrected chi connectivity index (χ1v) is 9.93. The lowest BCUT2D eigenvalue weighted by Crippen LogP contribution is -2.39. The van der Waals surface area contributed by atoms with Crippen LogP contribution in [0.1, 0.15) is 67.3 Å². The zero-order valence-corrected chi connectivity index (χ0v) is 17.6. The van der Waals surface area contributed by atoms with Gasteiger partial charge in [0.2, 0.25) is 0 Å². The lowest BCUT2D eigenvalue weighted by molar-refractivity contribution is 0.0975. The summed E-state index contributed by atoms with van der Waals surface area (Å²) in [5, 5.41) is 0. The Morgan fingerprint density at radius 3 is 2.21 bits per heavy atom. The maximum atomic E-state index is 13.1. The monoisotopic (exact) mass is 380 g/mol. The Bertz CT molecular complexity index is 1020. The summed E-state index contributed by atoms with van der Waals surface area (Å²) in [5.74, 6) is 1.30. The van der Waals surface area contributed by atoms with E-state index < -0.39 is 5.41 Å². The molecule has 1 aromatic heterocycles. The fraction of sp³-hybridized carbons (Fsp3) is 0.417. The standard InChI is InChI=1S/C24H28O4/c1-7-17-21(26)20-18(25)13-19(16-11-10-14(4)15(5)12-16)28-23(20)24(8-2,9-3)22(17)27-6/h10-13H,7-9H2,1-6H3. The van der Waals surface area contributed by atoms with E-state index in [1.807, 2.05) is 52.8 Å². The van der Waals surface area contributed by atoms with Crippen LogP contribution in [-0.2, 0) is 10.2 Å². The summed E-state index contributed by atoms with van der Waals surface area (Å²) in [6, 6.07) is 7.41. The minimum atomic E-state index is -0.613. The molecule has 1 heterocycles. The van der Waals surface area contributed by atoms with Crippen LogP contribution in [0.25, 0.3) is 11.3 Å². The van der Waals surface area contributed by atoms with Crippen LogP contribution in [-0.4, -0.2) is 12.9 Å². The molecule has 0 atom stereocenters. The molecule has 0 radical (unpaired) electrons. The van der Waals surface area contributed by atoms with Crippen molar-refractivity contribution in [2.75, 3.05) is 7.11 Å². The van der Waals surface area contributed by atoms with Gasteiger partial charge in [-0.05, 0) is 50.3 Å². The highest BCUT2D eigenvalue weighted by atomic mass is 16.5. The van der Waals surface area contributed by atoms with Gasteiger partial charge in [-0.15, -0.1) is 0 Å². The van der Waals surface area contributed by atoms with E-state index in [9.17, 15) is 9.59 Å². The van der Waals surface area contributed by atoms with E-state index >= 15 is 0 Å². The largest absolute Gasteiger partial charge is 0.500 e. The summed E-state index contributed by atoms with van der Waals surface area (Å²) in [4.78, 5) is 26.2. The molecule has 28 heavy (non-hydrogen) atoms. The number of Topliss-reactive ketones (excluding diaryl/α,β-unsaturated/α-hetero) is 1. The molecule has 0 unspecified atom stereocenters. The Morgan fingerprint density at radius 2 is 1.68 bits per heavy atom. The van der Waals surface area contributed by atoms with Crippen LogP contribution in [0, 0.1) is 13.8 Å². The van der Waals surface area contributed by atoms with E-state index in [2.05, 4.69) is 0 Å². The number of ketones is 1. The predicted octanol–water partition coefficient (Wildman–Crippen LogP) is 5.49. The van der Waals surface area contributed by atoms with Gasteiger partial charge < -0.3 is 9.15 Å². The second-order valence-corrected chi connectivity index (χ2v) is 7.46. The van der Waals surface area contributed by atoms with Gasteiger partial charge in [-0.3, -0.25) is 9.59 Å². The lowest BCUT2D eigenvalue weighted by Gasteiger charge is -2.37. The van der Waals surface area contributed by atoms with Crippen molar-refractivity contribution in [2.45, 2.75) is 59.3 Å². The molecule has 1 aromatic carbocycles. The number of methoxy groups -OCH3 is 1. The predicted molar refractivity (Wildman–Crippen MR) is 111 cm³/mol. The van der Waals surface area contributed by atoms with Crippen LogP contribution in [0.3, 0.4) is 0 Å². The van der Waals surface area contributed by atoms with Crippen molar-refractivity contribution in [1.29, 1.82) is 0 Å². The fourth-order valence-corrected chi connectivity index (χ4v) is 4.26. The molecule has 2 aromatic rings. The van der Waals surface area contributed by atoms with Gasteiger partial charge in [0.05, 0.1) is 12.5 Å². The number of ether oxygens (including phenoxy) is 1. The van der Waals surface area contributed by atoms with Crippen LogP contribution in [0.4, 0.5) is 0 Å². The van der Waals surface area contributed by atoms with Gasteiger partial charge in [0.15, 0.2) is 11.2 Å². The number of benzene rings is 1. The molecule has 0 aliphatic heterocycles. The van der Waals surface area contributed by atoms with E-state index in [0.29, 0.717) is 42.1 Å². The topological polar surface area (TPSA) is 56.5 Å². The first-order chi connectivity index (χ1) is 13.3. The van der Waals surface area contributed by atoms with Crippen LogP contribution in [0.2, 0.25) is 0 Å². The van der Waals surface area contributed by atoms with Crippen molar-refractivity contribution < 1.29 is 13.9 Å². The Balaban J connectivity index is 2.36. The highest BCUT2D eigenvalue weighted by Crippen LogP contribution is 2.47. The molecule has 0 fully saturated rings. The number of carbonyl (C=O) groups excluding carboxylic acids is 1. The Labute approximate surface area is 166 Å². The Morgan fingerprint density at radius 1 is 1.00 bits per heavy atom. The summed E-state index contributed by atoms with van der Waals surface area (Å²) in [6.07, 6.45) is 1.87. The van der Waals surface area contributed by atoms with E-state index in [1.165, 1.54) is 11.6 Å². The first kappa shape index (κ1) is 20.1. The molecule has 0 bridgehead atoms. The van der Waals surface area contributed by atoms with Crippen LogP contribution < -0.4 is 5.43 Å². The molecule has 4 heteroatoms. The molecule has 4 nitrogen and oxygen atoms in total. The fourth-order valence-electron chi connectivity index (χ4n) is 4.26. The van der Waals surface area contributed by atoms with Gasteiger partial charge in [0.1, 0.15) is 22.8 Å². The molecule has 1 aliphatic rings. The number of hydrogen-bond acceptors (Lipinski definition) is 4. The zero-order chi connectivity index (χ0) is 20.6. The molecular weight excluding hydrogens is 352 g/mol. The van der Waals surface area contributed by atoms with Gasteiger partial charge in [0.25, 0.3) is 0 Å². The number of fused-ring (bicyclic) bond motifs is 1. The quantitative estimate of drug-likeness (QED) is 0.688. The number of hydrogen-bond donors (Lipinski definition) is 0. The van der Waals surface area contributed by atoms with Gasteiger partial charge >= 0.3 is 0 Å². The molecule has 0 spiro atoms. The van der Waals surface area contributed by atoms with Crippen molar-refractivity contribution in [3.05, 3.63) is 68.3 Å². The van der Waals surface area contributed by atoms with Crippen molar-refractivity contribution in [3.63, 3.8) is 0 Å². The van der Waals surface area contributed by atoms with Crippen molar-refractivity contribution in [1.82, 2.24) is 0 Å². The van der Waals surface area contributed by atoms with Gasteiger partial charge in [0, 0.05) is 17.2 Å². The average molecular weight is 380 g/mol. The van der Waals surface area contributed by atoms with E-state index in [1.54, 1.807) is 7.11 Å². The minimum absolute atomic E-state index is 0.161. The third kappa shape index (κ3) is 2.83. The normalized spacial score (nSPS) is 15.6. The van der Waals surface area contributed by atoms with Crippen LogP contribution in [0.5, 0.6) is 0 Å². The average Bonchev–Trinajstić information content (AvgIpc) is 2.69. The number of rotatable bonds is 5. The number of allylic oxidation sites excluding steroid dienone is 2. The van der Waals surface area contributed by atoms with Gasteiger partial charge in [-0.1, -0.05) is 32.9 Å². The smallest absolute Gasteiger partial charge is 0.199 e. The molecule has 0 amide bonds. The minimum Gasteiger partial charge on any atom is -0.500 e. The molecule has 148 valence electrons. The van der Waals surface area contributed by atoms with Crippen LogP contribution in [0.15, 0.2) is 44.8 Å². The number of aryl methyl sites for hydroxylation is 2. The molecule has 0 saturated heterocycles. The van der Waals surface area contributed by atoms with Gasteiger partial charge in [-0.25, -0.2) is 0 Å². The molecule has 1 aliphatic carbocycles. The second-order valence-electron chi connectivity index (χ2n) is 7.46. The summed E-state index contributed by atoms with van der Waals surface area (Å²) in [5.41, 5.74) is 2.97. The first-order valence-electron chi connectivity index (χ1n) is 9.93. The second kappa shape index (κ2) is 7.42.